The van der Waals surface area contributed by atoms with Crippen LogP contribution < -0.4 is 10.6 Å². The van der Waals surface area contributed by atoms with Crippen LogP contribution in [-0.4, -0.2) is 29.3 Å². The molecule has 0 radical (unpaired) electrons. The predicted octanol–water partition coefficient (Wildman–Crippen LogP) is 2.49. The molecule has 0 atom stereocenters. The van der Waals surface area contributed by atoms with E-state index in [9.17, 15) is 0 Å². The number of hydrogen-bond donors (Lipinski definition) is 2. The largest absolute Gasteiger partial charge is 0.355 e. The maximum Gasteiger partial charge on any atom is 0.191 e. The molecule has 0 saturated heterocycles. The molecule has 7 heteroatoms. The lowest BCUT2D eigenvalue weighted by Crippen LogP contribution is -2.38. The fraction of sp³-hybridized carbons (Fsp3) is 0.429. The van der Waals surface area contributed by atoms with E-state index in [1.54, 1.807) is 13.2 Å². The lowest BCUT2D eigenvalue weighted by Gasteiger charge is -2.11. The SMILES string of the molecule is CCc1ccc(CNC(=NC)NCCn2cccn2)s1.I. The van der Waals surface area contributed by atoms with E-state index < -0.39 is 0 Å². The van der Waals surface area contributed by atoms with E-state index in [2.05, 4.69) is 39.8 Å². The molecule has 2 aromatic heterocycles. The number of guanidine groups is 1. The van der Waals surface area contributed by atoms with Crippen molar-refractivity contribution in [3.8, 4) is 0 Å². The highest BCUT2D eigenvalue weighted by Crippen LogP contribution is 2.16. The van der Waals surface area contributed by atoms with Gasteiger partial charge in [0.25, 0.3) is 0 Å². The van der Waals surface area contributed by atoms with E-state index in [1.165, 1.54) is 9.75 Å². The number of hydrogen-bond acceptors (Lipinski definition) is 3. The highest BCUT2D eigenvalue weighted by Gasteiger charge is 2.01. The van der Waals surface area contributed by atoms with Crippen LogP contribution in [0, 0.1) is 0 Å². The van der Waals surface area contributed by atoms with E-state index in [-0.39, 0.29) is 24.0 Å². The van der Waals surface area contributed by atoms with Gasteiger partial charge >= 0.3 is 0 Å². The molecule has 0 aromatic carbocycles. The average Bonchev–Trinajstić information content (AvgIpc) is 3.13. The molecule has 0 amide bonds. The van der Waals surface area contributed by atoms with Crippen LogP contribution in [0.1, 0.15) is 16.7 Å². The Kier molecular flexibility index (Phi) is 8.36. The maximum absolute atomic E-state index is 4.22. The van der Waals surface area contributed by atoms with Crippen LogP contribution in [0.3, 0.4) is 0 Å². The van der Waals surface area contributed by atoms with Crippen LogP contribution in [0.15, 0.2) is 35.6 Å². The van der Waals surface area contributed by atoms with Gasteiger partial charge in [-0.1, -0.05) is 6.92 Å². The second kappa shape index (κ2) is 9.78. The molecule has 0 aliphatic carbocycles. The van der Waals surface area contributed by atoms with E-state index >= 15 is 0 Å². The zero-order chi connectivity index (χ0) is 14.2. The molecule has 0 aliphatic heterocycles. The normalized spacial score (nSPS) is 11.0. The zero-order valence-electron chi connectivity index (χ0n) is 12.4. The molecule has 0 bridgehead atoms. The van der Waals surface area contributed by atoms with Crippen molar-refractivity contribution >= 4 is 41.3 Å². The summed E-state index contributed by atoms with van der Waals surface area (Å²) in [5.74, 6) is 0.823. The molecular formula is C14H22IN5S. The van der Waals surface area contributed by atoms with Crippen LogP contribution in [0.4, 0.5) is 0 Å². The highest BCUT2D eigenvalue weighted by molar-refractivity contribution is 14.0. The van der Waals surface area contributed by atoms with Crippen LogP contribution in [0.25, 0.3) is 0 Å². The first kappa shape index (κ1) is 18.0. The number of nitrogens with one attached hydrogen (secondary N) is 2. The minimum Gasteiger partial charge on any atom is -0.355 e. The Hall–Kier alpha value is -1.09. The van der Waals surface area contributed by atoms with Gasteiger partial charge in [-0.2, -0.15) is 5.10 Å². The minimum atomic E-state index is 0. The van der Waals surface area contributed by atoms with Gasteiger partial charge in [0.15, 0.2) is 5.96 Å². The molecule has 0 unspecified atom stereocenters. The lowest BCUT2D eigenvalue weighted by atomic mass is 10.4. The molecule has 0 saturated carbocycles. The summed E-state index contributed by atoms with van der Waals surface area (Å²) in [5.41, 5.74) is 0. The molecule has 116 valence electrons. The number of aliphatic imine (C=N–C) groups is 1. The Balaban J connectivity index is 0.00000220. The topological polar surface area (TPSA) is 54.2 Å². The lowest BCUT2D eigenvalue weighted by molar-refractivity contribution is 0.598. The third-order valence-corrected chi connectivity index (χ3v) is 4.14. The van der Waals surface area contributed by atoms with Crippen molar-refractivity contribution in [1.82, 2.24) is 20.4 Å². The van der Waals surface area contributed by atoms with Crippen LogP contribution in [0.5, 0.6) is 0 Å². The summed E-state index contributed by atoms with van der Waals surface area (Å²) >= 11 is 1.85. The second-order valence-electron chi connectivity index (χ2n) is 4.34. The van der Waals surface area contributed by atoms with E-state index in [1.807, 2.05) is 28.3 Å². The number of aromatic nitrogens is 2. The summed E-state index contributed by atoms with van der Waals surface area (Å²) in [7, 11) is 1.79. The van der Waals surface area contributed by atoms with E-state index in [0.717, 1.165) is 32.0 Å². The Labute approximate surface area is 146 Å². The Morgan fingerprint density at radius 1 is 1.33 bits per heavy atom. The van der Waals surface area contributed by atoms with Gasteiger partial charge in [-0.25, -0.2) is 0 Å². The molecule has 0 spiro atoms. The summed E-state index contributed by atoms with van der Waals surface area (Å²) < 4.78 is 1.90. The van der Waals surface area contributed by atoms with Crippen molar-refractivity contribution in [3.05, 3.63) is 40.3 Å². The first-order valence-electron chi connectivity index (χ1n) is 6.81. The summed E-state index contributed by atoms with van der Waals surface area (Å²) in [6.45, 7) is 4.61. The Bertz CT molecular complexity index is 535. The van der Waals surface area contributed by atoms with Gasteiger partial charge in [-0.05, 0) is 24.6 Å². The summed E-state index contributed by atoms with van der Waals surface area (Å²) in [4.78, 5) is 6.97. The number of nitrogens with zero attached hydrogens (tertiary/aromatic N) is 3. The standard InChI is InChI=1S/C14H21N5S.HI/c1-3-12-5-6-13(20-12)11-17-14(15-2)16-8-10-19-9-4-7-18-19;/h4-7,9H,3,8,10-11H2,1-2H3,(H2,15,16,17);1H. The summed E-state index contributed by atoms with van der Waals surface area (Å²) in [6, 6.07) is 6.29. The monoisotopic (exact) mass is 419 g/mol. The summed E-state index contributed by atoms with van der Waals surface area (Å²) in [5, 5.41) is 10.8. The van der Waals surface area contributed by atoms with E-state index in [4.69, 9.17) is 0 Å². The second-order valence-corrected chi connectivity index (χ2v) is 5.60. The smallest absolute Gasteiger partial charge is 0.191 e. The molecule has 5 nitrogen and oxygen atoms in total. The fourth-order valence-electron chi connectivity index (χ4n) is 1.82. The van der Waals surface area contributed by atoms with Gasteiger partial charge in [-0.15, -0.1) is 35.3 Å². The molecule has 2 heterocycles. The van der Waals surface area contributed by atoms with Crippen LogP contribution >= 0.6 is 35.3 Å². The molecular weight excluding hydrogens is 397 g/mol. The molecule has 0 fully saturated rings. The van der Waals surface area contributed by atoms with Crippen molar-refractivity contribution in [2.75, 3.05) is 13.6 Å². The van der Waals surface area contributed by atoms with Gasteiger partial charge < -0.3 is 10.6 Å². The quantitative estimate of drug-likeness (QED) is 0.430. The predicted molar refractivity (Wildman–Crippen MR) is 99.5 cm³/mol. The Morgan fingerprint density at radius 3 is 2.76 bits per heavy atom. The molecule has 2 aromatic rings. The van der Waals surface area contributed by atoms with Crippen molar-refractivity contribution in [2.45, 2.75) is 26.4 Å². The fourth-order valence-corrected chi connectivity index (χ4v) is 2.72. The minimum absolute atomic E-state index is 0. The number of thiophene rings is 1. The molecule has 21 heavy (non-hydrogen) atoms. The highest BCUT2D eigenvalue weighted by atomic mass is 127. The number of halogens is 1. The van der Waals surface area contributed by atoms with Crippen molar-refractivity contribution in [2.24, 2.45) is 4.99 Å². The van der Waals surface area contributed by atoms with Crippen molar-refractivity contribution in [3.63, 3.8) is 0 Å². The number of rotatable bonds is 6. The molecule has 2 N–H and O–H groups in total. The zero-order valence-corrected chi connectivity index (χ0v) is 15.5. The van der Waals surface area contributed by atoms with Crippen molar-refractivity contribution < 1.29 is 0 Å². The van der Waals surface area contributed by atoms with Gasteiger partial charge in [0.2, 0.25) is 0 Å². The molecule has 2 rings (SSSR count). The third-order valence-electron chi connectivity index (χ3n) is 2.91. The maximum atomic E-state index is 4.22. The van der Waals surface area contributed by atoms with E-state index in [0.29, 0.717) is 0 Å². The van der Waals surface area contributed by atoms with Crippen molar-refractivity contribution in [1.29, 1.82) is 0 Å². The third kappa shape index (κ3) is 6.04. The first-order valence-corrected chi connectivity index (χ1v) is 7.63. The van der Waals surface area contributed by atoms with Gasteiger partial charge in [0, 0.05) is 35.7 Å². The number of aryl methyl sites for hydroxylation is 1. The van der Waals surface area contributed by atoms with Crippen LogP contribution in [0.2, 0.25) is 0 Å². The average molecular weight is 419 g/mol. The van der Waals surface area contributed by atoms with Gasteiger partial charge in [-0.3, -0.25) is 9.67 Å². The van der Waals surface area contributed by atoms with Gasteiger partial charge in [0.05, 0.1) is 13.1 Å². The first-order chi connectivity index (χ1) is 9.81. The van der Waals surface area contributed by atoms with Gasteiger partial charge in [0.1, 0.15) is 0 Å². The molecule has 0 aliphatic rings. The van der Waals surface area contributed by atoms with Crippen LogP contribution in [-0.2, 0) is 19.5 Å². The summed E-state index contributed by atoms with van der Waals surface area (Å²) in [6.07, 6.45) is 4.84. The Morgan fingerprint density at radius 2 is 2.14 bits per heavy atom.